The lowest BCUT2D eigenvalue weighted by molar-refractivity contribution is 0.342. The van der Waals surface area contributed by atoms with Gasteiger partial charge in [0, 0.05) is 9.92 Å². The van der Waals surface area contributed by atoms with Crippen molar-refractivity contribution in [3.8, 4) is 5.75 Å². The van der Waals surface area contributed by atoms with E-state index in [1.807, 2.05) is 55.5 Å². The molecule has 0 unspecified atom stereocenters. The first-order valence-corrected chi connectivity index (χ1v) is 8.89. The fraction of sp³-hybridized carbons (Fsp3) is 0.111. The molecule has 3 rings (SSSR count). The van der Waals surface area contributed by atoms with Crippen molar-refractivity contribution < 1.29 is 4.74 Å². The van der Waals surface area contributed by atoms with Gasteiger partial charge in [-0.1, -0.05) is 35.5 Å². The van der Waals surface area contributed by atoms with Crippen molar-refractivity contribution in [3.05, 3.63) is 59.9 Å². The van der Waals surface area contributed by atoms with Crippen LogP contribution in [-0.4, -0.2) is 16.6 Å². The van der Waals surface area contributed by atoms with Crippen molar-refractivity contribution in [1.29, 1.82) is 0 Å². The number of nitrogen functional groups attached to an aromatic ring is 1. The quantitative estimate of drug-likeness (QED) is 0.593. The maximum absolute atomic E-state index is 6.26. The minimum atomic E-state index is 0.480. The molecule has 2 aromatic carbocycles. The summed E-state index contributed by atoms with van der Waals surface area (Å²) in [6.45, 7) is 2.52. The van der Waals surface area contributed by atoms with E-state index in [1.165, 1.54) is 18.1 Å². The smallest absolute Gasteiger partial charge is 0.158 e. The number of halogens is 1. The first-order chi connectivity index (χ1) is 12.2. The van der Waals surface area contributed by atoms with E-state index in [9.17, 15) is 0 Å². The highest BCUT2D eigenvalue weighted by atomic mass is 35.5. The van der Waals surface area contributed by atoms with E-state index < -0.39 is 0 Å². The van der Waals surface area contributed by atoms with Crippen molar-refractivity contribution in [2.75, 3.05) is 17.7 Å². The molecule has 25 heavy (non-hydrogen) atoms. The maximum Gasteiger partial charge on any atom is 0.158 e. The van der Waals surface area contributed by atoms with Gasteiger partial charge in [-0.25, -0.2) is 9.97 Å². The Morgan fingerprint density at radius 2 is 1.88 bits per heavy atom. The Bertz CT molecular complexity index is 858. The average Bonchev–Trinajstić information content (AvgIpc) is 2.62. The highest BCUT2D eigenvalue weighted by Crippen LogP contribution is 2.35. The molecule has 0 aliphatic carbocycles. The highest BCUT2D eigenvalue weighted by molar-refractivity contribution is 7.99. The van der Waals surface area contributed by atoms with E-state index in [0.717, 1.165) is 16.3 Å². The van der Waals surface area contributed by atoms with E-state index in [-0.39, 0.29) is 0 Å². The molecule has 1 heterocycles. The molecule has 3 aromatic rings. The van der Waals surface area contributed by atoms with E-state index in [2.05, 4.69) is 15.3 Å². The third kappa shape index (κ3) is 4.35. The molecular weight excluding hydrogens is 356 g/mol. The number of hydrogen-bond acceptors (Lipinski definition) is 6. The fourth-order valence-electron chi connectivity index (χ4n) is 2.15. The zero-order valence-electron chi connectivity index (χ0n) is 13.6. The van der Waals surface area contributed by atoms with Crippen LogP contribution < -0.4 is 15.8 Å². The van der Waals surface area contributed by atoms with Crippen LogP contribution in [0.25, 0.3) is 0 Å². The van der Waals surface area contributed by atoms with Crippen molar-refractivity contribution in [2.45, 2.75) is 16.8 Å². The Morgan fingerprint density at radius 3 is 2.64 bits per heavy atom. The van der Waals surface area contributed by atoms with Crippen LogP contribution in [0.4, 0.5) is 17.2 Å². The molecule has 128 valence electrons. The summed E-state index contributed by atoms with van der Waals surface area (Å²) in [5, 5.41) is 4.59. The summed E-state index contributed by atoms with van der Waals surface area (Å²) < 4.78 is 5.62. The number of benzene rings is 2. The second-order valence-corrected chi connectivity index (χ2v) is 6.55. The van der Waals surface area contributed by atoms with Gasteiger partial charge in [-0.2, -0.15) is 0 Å². The van der Waals surface area contributed by atoms with Gasteiger partial charge in [-0.15, -0.1) is 0 Å². The minimum Gasteiger partial charge on any atom is -0.492 e. The van der Waals surface area contributed by atoms with E-state index in [4.69, 9.17) is 22.1 Å². The number of ether oxygens (including phenoxy) is 1. The summed E-state index contributed by atoms with van der Waals surface area (Å²) in [6.07, 6.45) is 1.49. The van der Waals surface area contributed by atoms with Gasteiger partial charge in [-0.05, 0) is 43.3 Å². The third-order valence-corrected chi connectivity index (χ3v) is 4.59. The lowest BCUT2D eigenvalue weighted by Gasteiger charge is -2.14. The summed E-state index contributed by atoms with van der Waals surface area (Å²) >= 11 is 7.38. The van der Waals surface area contributed by atoms with Gasteiger partial charge in [0.05, 0.1) is 12.3 Å². The molecular formula is C18H17ClN4OS. The Morgan fingerprint density at radius 1 is 1.12 bits per heavy atom. The fourth-order valence-corrected chi connectivity index (χ4v) is 3.08. The molecule has 0 bridgehead atoms. The lowest BCUT2D eigenvalue weighted by atomic mass is 10.3. The lowest BCUT2D eigenvalue weighted by Crippen LogP contribution is -2.04. The molecule has 0 aliphatic heterocycles. The van der Waals surface area contributed by atoms with Crippen LogP contribution in [0.2, 0.25) is 5.02 Å². The number of aromatic nitrogens is 2. The molecule has 0 radical (unpaired) electrons. The number of nitrogens with two attached hydrogens (primary N) is 1. The predicted octanol–water partition coefficient (Wildman–Crippen LogP) is 5.01. The van der Waals surface area contributed by atoms with Gasteiger partial charge in [0.25, 0.3) is 0 Å². The molecule has 0 amide bonds. The minimum absolute atomic E-state index is 0.480. The second kappa shape index (κ2) is 8.09. The molecule has 7 heteroatoms. The first kappa shape index (κ1) is 17.4. The predicted molar refractivity (Wildman–Crippen MR) is 103 cm³/mol. The second-order valence-electron chi connectivity index (χ2n) is 5.05. The highest BCUT2D eigenvalue weighted by Gasteiger charge is 2.12. The van der Waals surface area contributed by atoms with Crippen LogP contribution in [0, 0.1) is 0 Å². The Kier molecular flexibility index (Phi) is 5.63. The summed E-state index contributed by atoms with van der Waals surface area (Å²) in [4.78, 5) is 9.53. The number of rotatable bonds is 6. The molecule has 0 spiro atoms. The van der Waals surface area contributed by atoms with Crippen LogP contribution >= 0.6 is 23.4 Å². The SMILES string of the molecule is CCOc1ccccc1Nc1ncnc(Sc2ccc(Cl)cc2)c1N. The number of para-hydroxylation sites is 2. The molecule has 0 aliphatic rings. The van der Waals surface area contributed by atoms with Crippen molar-refractivity contribution in [1.82, 2.24) is 9.97 Å². The normalized spacial score (nSPS) is 10.5. The summed E-state index contributed by atoms with van der Waals surface area (Å²) in [7, 11) is 0. The molecule has 0 saturated carbocycles. The average molecular weight is 373 g/mol. The number of nitrogens with zero attached hydrogens (tertiary/aromatic N) is 2. The molecule has 0 saturated heterocycles. The van der Waals surface area contributed by atoms with E-state index in [0.29, 0.717) is 28.2 Å². The summed E-state index contributed by atoms with van der Waals surface area (Å²) in [5.74, 6) is 1.29. The molecule has 5 nitrogen and oxygen atoms in total. The van der Waals surface area contributed by atoms with Crippen molar-refractivity contribution in [2.24, 2.45) is 0 Å². The van der Waals surface area contributed by atoms with Gasteiger partial charge in [-0.3, -0.25) is 0 Å². The first-order valence-electron chi connectivity index (χ1n) is 7.70. The van der Waals surface area contributed by atoms with Crippen molar-refractivity contribution in [3.63, 3.8) is 0 Å². The Balaban J connectivity index is 1.85. The zero-order chi connectivity index (χ0) is 17.6. The molecule has 0 fully saturated rings. The Labute approximate surface area is 155 Å². The summed E-state index contributed by atoms with van der Waals surface area (Å²) in [6, 6.07) is 15.2. The monoisotopic (exact) mass is 372 g/mol. The largest absolute Gasteiger partial charge is 0.492 e. The van der Waals surface area contributed by atoms with Crippen LogP contribution in [0.5, 0.6) is 5.75 Å². The number of anilines is 3. The van der Waals surface area contributed by atoms with Crippen LogP contribution in [0.15, 0.2) is 64.8 Å². The third-order valence-electron chi connectivity index (χ3n) is 3.32. The Hall–Kier alpha value is -2.44. The maximum atomic E-state index is 6.26. The van der Waals surface area contributed by atoms with Gasteiger partial charge in [0.2, 0.25) is 0 Å². The van der Waals surface area contributed by atoms with E-state index in [1.54, 1.807) is 0 Å². The number of hydrogen-bond donors (Lipinski definition) is 2. The van der Waals surface area contributed by atoms with Gasteiger partial charge >= 0.3 is 0 Å². The van der Waals surface area contributed by atoms with Gasteiger partial charge in [0.15, 0.2) is 5.82 Å². The van der Waals surface area contributed by atoms with Crippen molar-refractivity contribution >= 4 is 40.6 Å². The number of nitrogens with one attached hydrogen (secondary N) is 1. The zero-order valence-corrected chi connectivity index (χ0v) is 15.1. The van der Waals surface area contributed by atoms with Crippen LogP contribution in [0.1, 0.15) is 6.92 Å². The molecule has 0 atom stereocenters. The topological polar surface area (TPSA) is 73.1 Å². The summed E-state index contributed by atoms with van der Waals surface area (Å²) in [5.41, 5.74) is 7.54. The van der Waals surface area contributed by atoms with Crippen LogP contribution in [-0.2, 0) is 0 Å². The van der Waals surface area contributed by atoms with Crippen LogP contribution in [0.3, 0.4) is 0 Å². The molecule has 3 N–H and O–H groups in total. The standard InChI is InChI=1S/C18H17ClN4OS/c1-2-24-15-6-4-3-5-14(15)23-17-16(20)18(22-11-21-17)25-13-9-7-12(19)8-10-13/h3-11H,2,20H2,1H3,(H,21,22,23). The molecule has 1 aromatic heterocycles. The van der Waals surface area contributed by atoms with E-state index >= 15 is 0 Å². The van der Waals surface area contributed by atoms with Gasteiger partial charge < -0.3 is 15.8 Å². The van der Waals surface area contributed by atoms with Gasteiger partial charge in [0.1, 0.15) is 22.8 Å².